The number of fused-ring (bicyclic) bond motifs is 2. The van der Waals surface area contributed by atoms with Gasteiger partial charge in [-0.15, -0.1) is 11.3 Å². The second-order valence-electron chi connectivity index (χ2n) is 8.49. The lowest BCUT2D eigenvalue weighted by Crippen LogP contribution is -2.35. The van der Waals surface area contributed by atoms with E-state index in [0.717, 1.165) is 40.0 Å². The van der Waals surface area contributed by atoms with E-state index in [4.69, 9.17) is 33.0 Å². The summed E-state index contributed by atoms with van der Waals surface area (Å²) in [6.07, 6.45) is 3.44. The first kappa shape index (κ1) is 21.0. The summed E-state index contributed by atoms with van der Waals surface area (Å²) in [6, 6.07) is 5.68. The topological polar surface area (TPSA) is 120 Å². The molecular formula is C22H21ClN8S2. The van der Waals surface area contributed by atoms with Crippen LogP contribution >= 0.6 is 34.7 Å². The summed E-state index contributed by atoms with van der Waals surface area (Å²) in [5, 5.41) is 4.50. The van der Waals surface area contributed by atoms with E-state index in [1.165, 1.54) is 16.8 Å². The Labute approximate surface area is 203 Å². The van der Waals surface area contributed by atoms with Gasteiger partial charge in [0.1, 0.15) is 27.2 Å². The number of hydrogen-bond donors (Lipinski definition) is 2. The summed E-state index contributed by atoms with van der Waals surface area (Å²) in [5.41, 5.74) is 14.5. The third-order valence-corrected chi connectivity index (χ3v) is 9.33. The summed E-state index contributed by atoms with van der Waals surface area (Å²) >= 11 is 9.42. The Morgan fingerprint density at radius 2 is 2.00 bits per heavy atom. The lowest BCUT2D eigenvalue weighted by molar-refractivity contribution is 0.549. The highest BCUT2D eigenvalue weighted by molar-refractivity contribution is 7.99. The number of rotatable bonds is 5. The van der Waals surface area contributed by atoms with Crippen molar-refractivity contribution in [1.29, 1.82) is 0 Å². The molecule has 1 aliphatic carbocycles. The van der Waals surface area contributed by atoms with Gasteiger partial charge in [-0.25, -0.2) is 24.9 Å². The maximum atomic E-state index is 6.26. The van der Waals surface area contributed by atoms with E-state index in [1.807, 2.05) is 31.3 Å². The lowest BCUT2D eigenvalue weighted by Gasteiger charge is -2.25. The van der Waals surface area contributed by atoms with Crippen molar-refractivity contribution in [2.75, 3.05) is 30.3 Å². The fraction of sp³-hybridized carbons (Fsp3) is 0.318. The van der Waals surface area contributed by atoms with Gasteiger partial charge >= 0.3 is 0 Å². The maximum absolute atomic E-state index is 6.26. The van der Waals surface area contributed by atoms with Crippen LogP contribution in [0.5, 0.6) is 0 Å². The second kappa shape index (κ2) is 7.76. The van der Waals surface area contributed by atoms with Gasteiger partial charge in [-0.1, -0.05) is 23.4 Å². The molecule has 2 fully saturated rings. The molecule has 1 saturated carbocycles. The van der Waals surface area contributed by atoms with Crippen molar-refractivity contribution in [1.82, 2.24) is 24.9 Å². The molecule has 1 aliphatic heterocycles. The average Bonchev–Trinajstić information content (AvgIpc) is 3.15. The molecule has 168 valence electrons. The zero-order chi connectivity index (χ0) is 22.7. The van der Waals surface area contributed by atoms with Gasteiger partial charge in [0.15, 0.2) is 5.65 Å². The number of nitrogen functional groups attached to an aromatic ring is 1. The van der Waals surface area contributed by atoms with Crippen LogP contribution in [-0.4, -0.2) is 44.6 Å². The van der Waals surface area contributed by atoms with Crippen molar-refractivity contribution in [3.63, 3.8) is 0 Å². The molecule has 2 aliphatic rings. The monoisotopic (exact) mass is 496 g/mol. The molecule has 6 rings (SSSR count). The van der Waals surface area contributed by atoms with Crippen molar-refractivity contribution in [2.45, 2.75) is 22.3 Å². The minimum atomic E-state index is 0.0327. The molecule has 0 radical (unpaired) electrons. The molecule has 4 N–H and O–H groups in total. The molecule has 4 aromatic rings. The molecule has 3 atom stereocenters. The average molecular weight is 497 g/mol. The van der Waals surface area contributed by atoms with Gasteiger partial charge in [0, 0.05) is 47.2 Å². The van der Waals surface area contributed by atoms with Crippen LogP contribution < -0.4 is 16.4 Å². The van der Waals surface area contributed by atoms with Crippen molar-refractivity contribution < 1.29 is 0 Å². The fourth-order valence-electron chi connectivity index (χ4n) is 4.92. The van der Waals surface area contributed by atoms with Gasteiger partial charge in [-0.3, -0.25) is 0 Å². The lowest BCUT2D eigenvalue weighted by atomic mass is 10.0. The zero-order valence-electron chi connectivity index (χ0n) is 17.8. The minimum Gasteiger partial charge on any atom is -0.382 e. The summed E-state index contributed by atoms with van der Waals surface area (Å²) < 4.78 is 0. The highest BCUT2D eigenvalue weighted by Crippen LogP contribution is 2.63. The molecule has 8 nitrogen and oxygen atoms in total. The third-order valence-electron chi connectivity index (χ3n) is 6.67. The number of aromatic nitrogens is 5. The van der Waals surface area contributed by atoms with Gasteiger partial charge in [0.2, 0.25) is 0 Å². The number of nitrogens with zero attached hydrogens (tertiary/aromatic N) is 6. The number of pyridine rings is 2. The molecule has 0 amide bonds. The van der Waals surface area contributed by atoms with Crippen LogP contribution in [0.4, 0.5) is 11.6 Å². The number of thiazole rings is 1. The quantitative estimate of drug-likeness (QED) is 0.427. The molecule has 4 aromatic heterocycles. The van der Waals surface area contributed by atoms with E-state index in [0.29, 0.717) is 34.9 Å². The van der Waals surface area contributed by atoms with Gasteiger partial charge < -0.3 is 16.4 Å². The van der Waals surface area contributed by atoms with Crippen molar-refractivity contribution in [3.8, 4) is 0 Å². The zero-order valence-corrected chi connectivity index (χ0v) is 20.2. The fourth-order valence-corrected chi connectivity index (χ4v) is 7.10. The Morgan fingerprint density at radius 1 is 1.18 bits per heavy atom. The number of halogens is 1. The molecule has 11 heteroatoms. The van der Waals surface area contributed by atoms with E-state index in [2.05, 4.69) is 25.2 Å². The smallest absolute Gasteiger partial charge is 0.179 e. The predicted octanol–water partition coefficient (Wildman–Crippen LogP) is 3.53. The molecule has 0 aromatic carbocycles. The molecule has 1 unspecified atom stereocenters. The number of hydrogen-bond acceptors (Lipinski definition) is 10. The Kier molecular flexibility index (Phi) is 4.95. The molecule has 0 spiro atoms. The van der Waals surface area contributed by atoms with Crippen LogP contribution in [0.1, 0.15) is 10.7 Å². The third kappa shape index (κ3) is 3.35. The molecule has 0 bridgehead atoms. The van der Waals surface area contributed by atoms with Crippen molar-refractivity contribution >= 4 is 57.5 Å². The maximum Gasteiger partial charge on any atom is 0.179 e. The summed E-state index contributed by atoms with van der Waals surface area (Å²) in [4.78, 5) is 25.9. The number of anilines is 2. The normalized spacial score (nSPS) is 23.8. The number of aryl methyl sites for hydroxylation is 1. The Morgan fingerprint density at radius 3 is 2.73 bits per heavy atom. The van der Waals surface area contributed by atoms with Crippen LogP contribution in [0, 0.1) is 18.8 Å². The highest BCUT2D eigenvalue weighted by Gasteiger charge is 2.69. The standard InChI is InChI=1S/C22H21ClN8S2/c1-11-9-32-21(28-11)22(10-24)12-7-31(8-13(12)22)16-6-27-20-14(29-16)2-3-17(30-20)33-15-4-5-26-19(25)18(15)23/h2-6,9,12-13H,7-8,10,24H2,1H3,(H2,25,26)/t12-,13+,22?. The van der Waals surface area contributed by atoms with Gasteiger partial charge in [0.05, 0.1) is 11.2 Å². The summed E-state index contributed by atoms with van der Waals surface area (Å²) in [5.74, 6) is 2.21. The summed E-state index contributed by atoms with van der Waals surface area (Å²) in [6.45, 7) is 4.52. The first-order valence-corrected chi connectivity index (χ1v) is 12.7. The molecular weight excluding hydrogens is 476 g/mol. The summed E-state index contributed by atoms with van der Waals surface area (Å²) in [7, 11) is 0. The van der Waals surface area contributed by atoms with Crippen LogP contribution in [0.25, 0.3) is 11.2 Å². The second-order valence-corrected chi connectivity index (χ2v) is 10.8. The predicted molar refractivity (Wildman–Crippen MR) is 132 cm³/mol. The molecule has 33 heavy (non-hydrogen) atoms. The number of nitrogens with two attached hydrogens (primary N) is 2. The van der Waals surface area contributed by atoms with Crippen molar-refractivity contribution in [2.24, 2.45) is 17.6 Å². The van der Waals surface area contributed by atoms with Crippen LogP contribution in [-0.2, 0) is 5.41 Å². The molecule has 5 heterocycles. The highest BCUT2D eigenvalue weighted by atomic mass is 35.5. The van der Waals surface area contributed by atoms with E-state index < -0.39 is 0 Å². The molecule has 1 saturated heterocycles. The van der Waals surface area contributed by atoms with E-state index in [1.54, 1.807) is 17.5 Å². The number of piperidine rings is 1. The van der Waals surface area contributed by atoms with Crippen LogP contribution in [0.3, 0.4) is 0 Å². The van der Waals surface area contributed by atoms with Gasteiger partial charge in [0.25, 0.3) is 0 Å². The van der Waals surface area contributed by atoms with Crippen molar-refractivity contribution in [3.05, 3.63) is 51.7 Å². The van der Waals surface area contributed by atoms with E-state index >= 15 is 0 Å². The van der Waals surface area contributed by atoms with Crippen LogP contribution in [0.15, 0.2) is 45.9 Å². The SMILES string of the molecule is Cc1csc(C2(CN)[C@@H]3CN(c4cnc5nc(Sc6ccnc(N)c6Cl)ccc5n4)C[C@@H]32)n1. The van der Waals surface area contributed by atoms with E-state index in [9.17, 15) is 0 Å². The first-order chi connectivity index (χ1) is 16.0. The Hall–Kier alpha value is -2.53. The first-order valence-electron chi connectivity index (χ1n) is 10.6. The van der Waals surface area contributed by atoms with Gasteiger partial charge in [-0.05, 0) is 37.0 Å². The Balaban J connectivity index is 1.20. The Bertz CT molecular complexity index is 1360. The van der Waals surface area contributed by atoms with Gasteiger partial charge in [-0.2, -0.15) is 0 Å². The van der Waals surface area contributed by atoms with Crippen LogP contribution in [0.2, 0.25) is 5.02 Å². The minimum absolute atomic E-state index is 0.0327. The largest absolute Gasteiger partial charge is 0.382 e. The van der Waals surface area contributed by atoms with E-state index in [-0.39, 0.29) is 5.41 Å².